The van der Waals surface area contributed by atoms with Crippen molar-refractivity contribution in [3.05, 3.63) is 77.0 Å². The number of nitrogens with zero attached hydrogens (tertiary/aromatic N) is 1. The van der Waals surface area contributed by atoms with E-state index < -0.39 is 0 Å². The van der Waals surface area contributed by atoms with Crippen LogP contribution in [0.15, 0.2) is 60.7 Å². The van der Waals surface area contributed by atoms with Gasteiger partial charge >= 0.3 is 0 Å². The average Bonchev–Trinajstić information content (AvgIpc) is 2.47. The van der Waals surface area contributed by atoms with Crippen molar-refractivity contribution in [1.82, 2.24) is 0 Å². The van der Waals surface area contributed by atoms with E-state index in [9.17, 15) is 5.21 Å². The van der Waals surface area contributed by atoms with Gasteiger partial charge in [-0.15, -0.1) is 0 Å². The zero-order valence-electron chi connectivity index (χ0n) is 11.6. The molecule has 0 heterocycles. The molecule has 0 aliphatic carbocycles. The number of hydrogen-bond donors (Lipinski definition) is 0. The molecule has 0 bridgehead atoms. The lowest BCUT2D eigenvalue weighted by Crippen LogP contribution is -2.17. The molecule has 0 unspecified atom stereocenters. The third-order valence-electron chi connectivity index (χ3n) is 2.91. The first-order valence-electron chi connectivity index (χ1n) is 6.72. The molecule has 104 valence electrons. The Labute approximate surface area is 119 Å². The van der Waals surface area contributed by atoms with Gasteiger partial charge in [-0.2, -0.15) is 0 Å². The molecule has 0 aliphatic heterocycles. The fourth-order valence-electron chi connectivity index (χ4n) is 1.90. The predicted octanol–water partition coefficient (Wildman–Crippen LogP) is 3.37. The minimum Gasteiger partial charge on any atom is -0.624 e. The SMILES string of the molecule is C[C@@H](/C=[N+](\[O-])Cc1ccccc1)OCc1ccccc1. The molecule has 2 aromatic carbocycles. The van der Waals surface area contributed by atoms with E-state index in [-0.39, 0.29) is 6.10 Å². The number of hydrogen-bond acceptors (Lipinski definition) is 2. The predicted molar refractivity (Wildman–Crippen MR) is 80.5 cm³/mol. The summed E-state index contributed by atoms with van der Waals surface area (Å²) in [6.45, 7) is 2.73. The zero-order chi connectivity index (χ0) is 14.2. The van der Waals surface area contributed by atoms with E-state index in [1.807, 2.05) is 67.6 Å². The van der Waals surface area contributed by atoms with E-state index in [0.29, 0.717) is 13.2 Å². The maximum Gasteiger partial charge on any atom is 0.179 e. The lowest BCUT2D eigenvalue weighted by atomic mass is 10.2. The zero-order valence-corrected chi connectivity index (χ0v) is 11.6. The molecule has 0 radical (unpaired) electrons. The van der Waals surface area contributed by atoms with Crippen LogP contribution in [-0.4, -0.2) is 17.1 Å². The highest BCUT2D eigenvalue weighted by Gasteiger charge is 2.05. The maximum atomic E-state index is 11.8. The standard InChI is InChI=1S/C17H19NO2/c1-15(20-14-17-10-6-3-7-11-17)12-18(19)13-16-8-4-2-5-9-16/h2-12,15H,13-14H2,1H3/b18-12-/t15-/m0/s1. The second-order valence-corrected chi connectivity index (χ2v) is 4.71. The summed E-state index contributed by atoms with van der Waals surface area (Å²) in [5.74, 6) is 0. The summed E-state index contributed by atoms with van der Waals surface area (Å²) in [6.07, 6.45) is 1.35. The van der Waals surface area contributed by atoms with Crippen LogP contribution >= 0.6 is 0 Å². The number of benzene rings is 2. The van der Waals surface area contributed by atoms with Crippen LogP contribution in [0.3, 0.4) is 0 Å². The highest BCUT2D eigenvalue weighted by atomic mass is 16.5. The van der Waals surface area contributed by atoms with Crippen LogP contribution in [0, 0.1) is 5.21 Å². The Balaban J connectivity index is 1.83. The van der Waals surface area contributed by atoms with Crippen LogP contribution in [0.5, 0.6) is 0 Å². The van der Waals surface area contributed by atoms with Crippen LogP contribution in [0.1, 0.15) is 18.1 Å². The van der Waals surface area contributed by atoms with Crippen molar-refractivity contribution in [3.63, 3.8) is 0 Å². The van der Waals surface area contributed by atoms with E-state index in [2.05, 4.69) is 0 Å². The first-order chi connectivity index (χ1) is 9.74. The van der Waals surface area contributed by atoms with Gasteiger partial charge in [-0.25, -0.2) is 4.74 Å². The topological polar surface area (TPSA) is 35.3 Å². The second-order valence-electron chi connectivity index (χ2n) is 4.71. The lowest BCUT2D eigenvalue weighted by Gasteiger charge is -2.10. The van der Waals surface area contributed by atoms with Gasteiger partial charge in [-0.05, 0) is 12.5 Å². The van der Waals surface area contributed by atoms with Crippen molar-refractivity contribution in [1.29, 1.82) is 0 Å². The lowest BCUT2D eigenvalue weighted by molar-refractivity contribution is -0.472. The Morgan fingerprint density at radius 1 is 1.00 bits per heavy atom. The molecule has 0 aliphatic rings. The minimum absolute atomic E-state index is 0.212. The minimum atomic E-state index is -0.212. The van der Waals surface area contributed by atoms with E-state index in [0.717, 1.165) is 15.9 Å². The Morgan fingerprint density at radius 3 is 2.15 bits per heavy atom. The number of ether oxygens (including phenoxy) is 1. The van der Waals surface area contributed by atoms with Gasteiger partial charge in [0.15, 0.2) is 12.8 Å². The van der Waals surface area contributed by atoms with E-state index in [1.165, 1.54) is 0 Å². The van der Waals surface area contributed by atoms with Crippen LogP contribution in [0.2, 0.25) is 0 Å². The summed E-state index contributed by atoms with van der Waals surface area (Å²) in [4.78, 5) is 0. The van der Waals surface area contributed by atoms with Gasteiger partial charge in [0.05, 0.1) is 6.61 Å². The Kier molecular flexibility index (Phi) is 5.33. The molecule has 0 fully saturated rings. The summed E-state index contributed by atoms with van der Waals surface area (Å²) in [5, 5.41) is 11.8. The Hall–Kier alpha value is -2.13. The number of hydroxylamine groups is 1. The third-order valence-corrected chi connectivity index (χ3v) is 2.91. The van der Waals surface area contributed by atoms with E-state index >= 15 is 0 Å². The fraction of sp³-hybridized carbons (Fsp3) is 0.235. The van der Waals surface area contributed by atoms with Crippen molar-refractivity contribution in [2.75, 3.05) is 0 Å². The molecule has 0 aromatic heterocycles. The molecular formula is C17H19NO2. The van der Waals surface area contributed by atoms with Crippen molar-refractivity contribution >= 4 is 6.21 Å². The summed E-state index contributed by atoms with van der Waals surface area (Å²) in [6, 6.07) is 19.6. The molecule has 0 saturated carbocycles. The van der Waals surface area contributed by atoms with Crippen LogP contribution in [-0.2, 0) is 17.9 Å². The first kappa shape index (κ1) is 14.3. The van der Waals surface area contributed by atoms with Crippen LogP contribution in [0.4, 0.5) is 0 Å². The van der Waals surface area contributed by atoms with Gasteiger partial charge in [0.25, 0.3) is 0 Å². The van der Waals surface area contributed by atoms with Gasteiger partial charge in [0, 0.05) is 5.56 Å². The molecule has 3 nitrogen and oxygen atoms in total. The molecule has 2 aromatic rings. The molecule has 2 rings (SSSR count). The van der Waals surface area contributed by atoms with Crippen molar-refractivity contribution in [2.24, 2.45) is 0 Å². The molecule has 1 atom stereocenters. The summed E-state index contributed by atoms with van der Waals surface area (Å²) >= 11 is 0. The maximum absolute atomic E-state index is 11.8. The molecule has 0 amide bonds. The molecular weight excluding hydrogens is 250 g/mol. The highest BCUT2D eigenvalue weighted by molar-refractivity contribution is 5.57. The van der Waals surface area contributed by atoms with Gasteiger partial charge in [0.1, 0.15) is 6.10 Å². The van der Waals surface area contributed by atoms with Gasteiger partial charge in [0.2, 0.25) is 0 Å². The second kappa shape index (κ2) is 7.46. The summed E-state index contributed by atoms with van der Waals surface area (Å²) in [7, 11) is 0. The quantitative estimate of drug-likeness (QED) is 0.349. The normalized spacial score (nSPS) is 13.2. The van der Waals surface area contributed by atoms with Crippen LogP contribution < -0.4 is 0 Å². The Morgan fingerprint density at radius 2 is 1.55 bits per heavy atom. The molecule has 0 spiro atoms. The number of rotatable bonds is 6. The van der Waals surface area contributed by atoms with Crippen LogP contribution in [0.25, 0.3) is 0 Å². The largest absolute Gasteiger partial charge is 0.624 e. The van der Waals surface area contributed by atoms with Crippen molar-refractivity contribution < 1.29 is 9.48 Å². The van der Waals surface area contributed by atoms with Crippen molar-refractivity contribution in [3.8, 4) is 0 Å². The van der Waals surface area contributed by atoms with E-state index in [4.69, 9.17) is 4.74 Å². The fourth-order valence-corrected chi connectivity index (χ4v) is 1.90. The summed E-state index contributed by atoms with van der Waals surface area (Å²) in [5.41, 5.74) is 2.10. The van der Waals surface area contributed by atoms with E-state index in [1.54, 1.807) is 6.21 Å². The molecule has 0 saturated heterocycles. The third kappa shape index (κ3) is 4.86. The van der Waals surface area contributed by atoms with Gasteiger partial charge < -0.3 is 9.94 Å². The molecule has 0 N–H and O–H groups in total. The average molecular weight is 269 g/mol. The van der Waals surface area contributed by atoms with Gasteiger partial charge in [-0.1, -0.05) is 60.7 Å². The highest BCUT2D eigenvalue weighted by Crippen LogP contribution is 2.03. The first-order valence-corrected chi connectivity index (χ1v) is 6.72. The summed E-state index contributed by atoms with van der Waals surface area (Å²) < 4.78 is 6.56. The molecule has 3 heteroatoms. The Bertz CT molecular complexity index is 537. The van der Waals surface area contributed by atoms with Gasteiger partial charge in [-0.3, -0.25) is 0 Å². The monoisotopic (exact) mass is 269 g/mol. The van der Waals surface area contributed by atoms with Crippen molar-refractivity contribution in [2.45, 2.75) is 26.2 Å². The smallest absolute Gasteiger partial charge is 0.179 e. The molecule has 20 heavy (non-hydrogen) atoms.